The van der Waals surface area contributed by atoms with Crippen LogP contribution in [0.25, 0.3) is 21.8 Å². The molecule has 0 atom stereocenters. The number of fused-ring (bicyclic) bond motifs is 3. The van der Waals surface area contributed by atoms with Gasteiger partial charge in [-0.05, 0) is 30.3 Å². The normalized spacial score (nSPS) is 11.3. The van der Waals surface area contributed by atoms with E-state index in [9.17, 15) is 0 Å². The minimum absolute atomic E-state index is 0.777. The molecular formula is C25H20ClN2+. The summed E-state index contributed by atoms with van der Waals surface area (Å²) in [5, 5.41) is 3.39. The fourth-order valence-electron chi connectivity index (χ4n) is 3.97. The van der Waals surface area contributed by atoms with Gasteiger partial charge in [-0.1, -0.05) is 60.1 Å². The van der Waals surface area contributed by atoms with E-state index >= 15 is 0 Å². The van der Waals surface area contributed by atoms with Gasteiger partial charge in [-0.25, -0.2) is 4.57 Å². The second-order valence-corrected chi connectivity index (χ2v) is 7.57. The molecule has 0 radical (unpaired) electrons. The van der Waals surface area contributed by atoms with Gasteiger partial charge in [-0.2, -0.15) is 0 Å². The first-order chi connectivity index (χ1) is 13.8. The molecule has 0 N–H and O–H groups in total. The molecular weight excluding hydrogens is 364 g/mol. The molecule has 2 aromatic heterocycles. The van der Waals surface area contributed by atoms with Gasteiger partial charge in [-0.15, -0.1) is 0 Å². The Bertz CT molecular complexity index is 1230. The Balaban J connectivity index is 1.53. The molecule has 5 aromatic rings. The van der Waals surface area contributed by atoms with Crippen LogP contribution in [0, 0.1) is 0 Å². The quantitative estimate of drug-likeness (QED) is 0.345. The van der Waals surface area contributed by atoms with Crippen LogP contribution in [-0.2, 0) is 13.1 Å². The van der Waals surface area contributed by atoms with Gasteiger partial charge in [0.05, 0.1) is 6.54 Å². The molecule has 0 saturated carbocycles. The van der Waals surface area contributed by atoms with Gasteiger partial charge in [0, 0.05) is 44.0 Å². The van der Waals surface area contributed by atoms with Crippen molar-refractivity contribution in [1.82, 2.24) is 4.57 Å². The maximum atomic E-state index is 6.14. The van der Waals surface area contributed by atoms with Crippen LogP contribution >= 0.6 is 11.6 Å². The van der Waals surface area contributed by atoms with Gasteiger partial charge >= 0.3 is 0 Å². The fraction of sp³-hybridized carbons (Fsp3) is 0.0800. The Morgan fingerprint density at radius 3 is 2.11 bits per heavy atom. The molecule has 136 valence electrons. The van der Waals surface area contributed by atoms with Crippen LogP contribution < -0.4 is 4.57 Å². The highest BCUT2D eigenvalue weighted by molar-refractivity contribution is 6.30. The summed E-state index contributed by atoms with van der Waals surface area (Å²) in [5.74, 6) is 0. The average molecular weight is 384 g/mol. The van der Waals surface area contributed by atoms with E-state index in [4.69, 9.17) is 11.6 Å². The Labute approximate surface area is 169 Å². The number of benzene rings is 3. The molecule has 0 aliphatic rings. The lowest BCUT2D eigenvalue weighted by Gasteiger charge is -2.07. The van der Waals surface area contributed by atoms with Crippen molar-refractivity contribution in [2.24, 2.45) is 0 Å². The molecule has 2 heterocycles. The SMILES string of the molecule is Clc1cccc(C[n+]2cccc(Cn3c4ccccc4c4ccccc43)c2)c1. The van der Waals surface area contributed by atoms with Gasteiger partial charge < -0.3 is 4.57 Å². The molecule has 0 saturated heterocycles. The minimum Gasteiger partial charge on any atom is -0.336 e. The summed E-state index contributed by atoms with van der Waals surface area (Å²) >= 11 is 6.14. The van der Waals surface area contributed by atoms with E-state index in [1.807, 2.05) is 18.2 Å². The van der Waals surface area contributed by atoms with Crippen molar-refractivity contribution in [2.75, 3.05) is 0 Å². The third-order valence-corrected chi connectivity index (χ3v) is 5.43. The maximum Gasteiger partial charge on any atom is 0.174 e. The van der Waals surface area contributed by atoms with Crippen molar-refractivity contribution in [3.8, 4) is 0 Å². The van der Waals surface area contributed by atoms with Crippen LogP contribution in [-0.4, -0.2) is 4.57 Å². The number of rotatable bonds is 4. The number of nitrogens with zero attached hydrogens (tertiary/aromatic N) is 2. The van der Waals surface area contributed by atoms with Crippen LogP contribution in [0.2, 0.25) is 5.02 Å². The van der Waals surface area contributed by atoms with Gasteiger partial charge in [0.2, 0.25) is 0 Å². The number of hydrogen-bond acceptors (Lipinski definition) is 0. The van der Waals surface area contributed by atoms with Crippen LogP contribution in [0.5, 0.6) is 0 Å². The summed E-state index contributed by atoms with van der Waals surface area (Å²) in [4.78, 5) is 0. The summed E-state index contributed by atoms with van der Waals surface area (Å²) in [6.45, 7) is 1.64. The van der Waals surface area contributed by atoms with Gasteiger partial charge in [-0.3, -0.25) is 0 Å². The van der Waals surface area contributed by atoms with Gasteiger partial charge in [0.1, 0.15) is 0 Å². The maximum absolute atomic E-state index is 6.14. The number of pyridine rings is 1. The van der Waals surface area contributed by atoms with Crippen molar-refractivity contribution in [1.29, 1.82) is 0 Å². The van der Waals surface area contributed by atoms with E-state index in [0.29, 0.717) is 0 Å². The zero-order valence-corrected chi connectivity index (χ0v) is 16.2. The van der Waals surface area contributed by atoms with E-state index in [-0.39, 0.29) is 0 Å². The summed E-state index contributed by atoms with van der Waals surface area (Å²) in [6, 6.07) is 29.6. The lowest BCUT2D eigenvalue weighted by molar-refractivity contribution is -0.688. The first-order valence-electron chi connectivity index (χ1n) is 9.46. The lowest BCUT2D eigenvalue weighted by atomic mass is 10.2. The largest absolute Gasteiger partial charge is 0.336 e. The van der Waals surface area contributed by atoms with Gasteiger partial charge in [0.15, 0.2) is 18.9 Å². The highest BCUT2D eigenvalue weighted by Gasteiger charge is 2.12. The summed E-state index contributed by atoms with van der Waals surface area (Å²) in [6.07, 6.45) is 4.33. The smallest absolute Gasteiger partial charge is 0.174 e. The van der Waals surface area contributed by atoms with Crippen LogP contribution in [0.3, 0.4) is 0 Å². The van der Waals surface area contributed by atoms with Crippen LogP contribution in [0.15, 0.2) is 97.3 Å². The number of hydrogen-bond donors (Lipinski definition) is 0. The predicted octanol–water partition coefficient (Wildman–Crippen LogP) is 5.83. The Morgan fingerprint density at radius 2 is 1.39 bits per heavy atom. The topological polar surface area (TPSA) is 8.81 Å². The average Bonchev–Trinajstić information content (AvgIpc) is 3.03. The summed E-state index contributed by atoms with van der Waals surface area (Å²) in [5.41, 5.74) is 5.02. The molecule has 0 aliphatic heterocycles. The molecule has 5 rings (SSSR count). The molecule has 0 spiro atoms. The Hall–Kier alpha value is -3.10. The standard InChI is InChI=1S/C25H20ClN2/c26-21-9-5-7-19(15-21)16-27-14-6-8-20(17-27)18-28-24-12-3-1-10-22(24)23-11-2-4-13-25(23)28/h1-15,17H,16,18H2/q+1. The molecule has 0 fully saturated rings. The first kappa shape index (κ1) is 17.0. The van der Waals surface area contributed by atoms with E-state index in [1.54, 1.807) is 0 Å². The molecule has 0 unspecified atom stereocenters. The van der Waals surface area contributed by atoms with Crippen molar-refractivity contribution < 1.29 is 4.57 Å². The molecule has 0 bridgehead atoms. The molecule has 3 aromatic carbocycles. The highest BCUT2D eigenvalue weighted by Crippen LogP contribution is 2.29. The monoisotopic (exact) mass is 383 g/mol. The van der Waals surface area contributed by atoms with E-state index < -0.39 is 0 Å². The number of aromatic nitrogens is 2. The number of para-hydroxylation sites is 2. The van der Waals surface area contributed by atoms with Crippen molar-refractivity contribution in [3.05, 3.63) is 113 Å². The van der Waals surface area contributed by atoms with E-state index in [2.05, 4.69) is 88.3 Å². The highest BCUT2D eigenvalue weighted by atomic mass is 35.5. The van der Waals surface area contributed by atoms with Crippen molar-refractivity contribution >= 4 is 33.4 Å². The second kappa shape index (κ2) is 7.14. The van der Waals surface area contributed by atoms with E-state index in [0.717, 1.165) is 18.1 Å². The molecule has 2 nitrogen and oxygen atoms in total. The second-order valence-electron chi connectivity index (χ2n) is 7.13. The van der Waals surface area contributed by atoms with E-state index in [1.165, 1.54) is 32.9 Å². The molecule has 28 heavy (non-hydrogen) atoms. The van der Waals surface area contributed by atoms with Crippen molar-refractivity contribution in [3.63, 3.8) is 0 Å². The third-order valence-electron chi connectivity index (χ3n) is 5.19. The Morgan fingerprint density at radius 1 is 0.714 bits per heavy atom. The van der Waals surface area contributed by atoms with Crippen LogP contribution in [0.1, 0.15) is 11.1 Å². The predicted molar refractivity (Wildman–Crippen MR) is 116 cm³/mol. The molecule has 0 aliphatic carbocycles. The summed E-state index contributed by atoms with van der Waals surface area (Å²) in [7, 11) is 0. The fourth-order valence-corrected chi connectivity index (χ4v) is 4.18. The minimum atomic E-state index is 0.777. The molecule has 3 heteroatoms. The third kappa shape index (κ3) is 3.17. The summed E-state index contributed by atoms with van der Waals surface area (Å²) < 4.78 is 4.62. The molecule has 0 amide bonds. The Kier molecular flexibility index (Phi) is 4.34. The zero-order valence-electron chi connectivity index (χ0n) is 15.4. The zero-order chi connectivity index (χ0) is 18.9. The first-order valence-corrected chi connectivity index (χ1v) is 9.84. The van der Waals surface area contributed by atoms with Crippen LogP contribution in [0.4, 0.5) is 0 Å². The van der Waals surface area contributed by atoms with Gasteiger partial charge in [0.25, 0.3) is 0 Å². The lowest BCUT2D eigenvalue weighted by Crippen LogP contribution is -2.34. The number of halogens is 1. The van der Waals surface area contributed by atoms with Crippen molar-refractivity contribution in [2.45, 2.75) is 13.1 Å².